The molecule has 22 heavy (non-hydrogen) atoms. The van der Waals surface area contributed by atoms with E-state index in [9.17, 15) is 4.79 Å². The molecule has 0 unspecified atom stereocenters. The molecule has 0 saturated heterocycles. The summed E-state index contributed by atoms with van der Waals surface area (Å²) in [6.45, 7) is 1.84. The van der Waals surface area contributed by atoms with Gasteiger partial charge in [0.25, 0.3) is 5.91 Å². The Morgan fingerprint density at radius 1 is 1.36 bits per heavy atom. The molecule has 8 heteroatoms. The van der Waals surface area contributed by atoms with Gasteiger partial charge in [-0.15, -0.1) is 11.3 Å². The van der Waals surface area contributed by atoms with E-state index in [4.69, 9.17) is 13.8 Å². The summed E-state index contributed by atoms with van der Waals surface area (Å²) in [6, 6.07) is 7.31. The first-order chi connectivity index (χ1) is 10.7. The first kappa shape index (κ1) is 14.5. The maximum absolute atomic E-state index is 11.6. The number of carbonyl (C=O) groups is 1. The molecule has 114 valence electrons. The van der Waals surface area contributed by atoms with Gasteiger partial charge in [-0.1, -0.05) is 16.4 Å². The van der Waals surface area contributed by atoms with Crippen molar-refractivity contribution in [1.82, 2.24) is 10.3 Å². The Kier molecular flexibility index (Phi) is 4.31. The molecule has 3 aromatic heterocycles. The SMILES string of the molecule is Cc1cc(NC(=O)COCc2cc(-c3cccs3)on2)no1. The van der Waals surface area contributed by atoms with E-state index in [0.29, 0.717) is 23.0 Å². The van der Waals surface area contributed by atoms with Gasteiger partial charge < -0.3 is 19.1 Å². The summed E-state index contributed by atoms with van der Waals surface area (Å²) in [5.74, 6) is 1.37. The van der Waals surface area contributed by atoms with Crippen LogP contribution in [0.4, 0.5) is 5.82 Å². The molecule has 7 nitrogen and oxygen atoms in total. The summed E-state index contributed by atoms with van der Waals surface area (Å²) in [4.78, 5) is 12.6. The first-order valence-electron chi connectivity index (χ1n) is 6.51. The Hall–Kier alpha value is -2.45. The summed E-state index contributed by atoms with van der Waals surface area (Å²) in [7, 11) is 0. The molecule has 1 amide bonds. The van der Waals surface area contributed by atoms with Crippen LogP contribution < -0.4 is 5.32 Å². The minimum absolute atomic E-state index is 0.104. The lowest BCUT2D eigenvalue weighted by molar-refractivity contribution is -0.121. The van der Waals surface area contributed by atoms with E-state index in [1.165, 1.54) is 0 Å². The monoisotopic (exact) mass is 319 g/mol. The predicted molar refractivity (Wildman–Crippen MR) is 79.3 cm³/mol. The van der Waals surface area contributed by atoms with E-state index in [2.05, 4.69) is 15.6 Å². The van der Waals surface area contributed by atoms with Crippen LogP contribution in [0.3, 0.4) is 0 Å². The Bertz CT molecular complexity index is 748. The van der Waals surface area contributed by atoms with Gasteiger partial charge in [0.1, 0.15) is 18.1 Å². The van der Waals surface area contributed by atoms with Crippen molar-refractivity contribution in [1.29, 1.82) is 0 Å². The summed E-state index contributed by atoms with van der Waals surface area (Å²) >= 11 is 1.57. The van der Waals surface area contributed by atoms with Crippen molar-refractivity contribution in [3.63, 3.8) is 0 Å². The van der Waals surface area contributed by atoms with Crippen molar-refractivity contribution in [2.75, 3.05) is 11.9 Å². The van der Waals surface area contributed by atoms with Crippen LogP contribution in [-0.4, -0.2) is 22.8 Å². The third-order valence-corrected chi connectivity index (χ3v) is 3.59. The van der Waals surface area contributed by atoms with Crippen molar-refractivity contribution in [2.45, 2.75) is 13.5 Å². The second kappa shape index (κ2) is 6.54. The molecule has 0 aromatic carbocycles. The summed E-state index contributed by atoms with van der Waals surface area (Å²) in [5, 5.41) is 12.1. The molecule has 3 heterocycles. The van der Waals surface area contributed by atoms with Gasteiger partial charge in [0.2, 0.25) is 0 Å². The highest BCUT2D eigenvalue weighted by Crippen LogP contribution is 2.25. The average Bonchev–Trinajstić information content (AvgIpc) is 3.20. The molecule has 0 atom stereocenters. The Morgan fingerprint density at radius 3 is 3.00 bits per heavy atom. The van der Waals surface area contributed by atoms with Crippen molar-refractivity contribution < 1.29 is 18.6 Å². The topological polar surface area (TPSA) is 90.4 Å². The van der Waals surface area contributed by atoms with Gasteiger partial charge in [-0.2, -0.15) is 0 Å². The Morgan fingerprint density at radius 2 is 2.27 bits per heavy atom. The highest BCUT2D eigenvalue weighted by Gasteiger charge is 2.10. The fourth-order valence-electron chi connectivity index (χ4n) is 1.77. The molecule has 0 saturated carbocycles. The second-order valence-electron chi connectivity index (χ2n) is 4.52. The van der Waals surface area contributed by atoms with Crippen LogP contribution in [0.25, 0.3) is 10.6 Å². The molecule has 0 radical (unpaired) electrons. The van der Waals surface area contributed by atoms with Gasteiger partial charge in [0.05, 0.1) is 11.5 Å². The van der Waals surface area contributed by atoms with E-state index < -0.39 is 0 Å². The van der Waals surface area contributed by atoms with Crippen LogP contribution >= 0.6 is 11.3 Å². The number of hydrogen-bond donors (Lipinski definition) is 1. The van der Waals surface area contributed by atoms with Crippen molar-refractivity contribution in [3.05, 3.63) is 41.1 Å². The van der Waals surface area contributed by atoms with Crippen LogP contribution in [0.15, 0.2) is 38.7 Å². The maximum atomic E-state index is 11.6. The third-order valence-electron chi connectivity index (χ3n) is 2.70. The first-order valence-corrected chi connectivity index (χ1v) is 7.39. The number of anilines is 1. The number of hydrogen-bond acceptors (Lipinski definition) is 7. The smallest absolute Gasteiger partial charge is 0.251 e. The van der Waals surface area contributed by atoms with Crippen molar-refractivity contribution in [3.8, 4) is 10.6 Å². The number of thiophene rings is 1. The number of carbonyl (C=O) groups excluding carboxylic acids is 1. The molecule has 0 aliphatic heterocycles. The van der Waals surface area contributed by atoms with Gasteiger partial charge in [-0.05, 0) is 18.4 Å². The minimum atomic E-state index is -0.310. The van der Waals surface area contributed by atoms with E-state index in [-0.39, 0.29) is 19.1 Å². The quantitative estimate of drug-likeness (QED) is 0.751. The standard InChI is InChI=1S/C14H13N3O4S/c1-9-5-13(17-20-9)15-14(18)8-19-7-10-6-11(21-16-10)12-3-2-4-22-12/h2-6H,7-8H2,1H3,(H,15,17,18). The van der Waals surface area contributed by atoms with Gasteiger partial charge in [-0.25, -0.2) is 0 Å². The van der Waals surface area contributed by atoms with Gasteiger partial charge in [-0.3, -0.25) is 4.79 Å². The predicted octanol–water partition coefficient (Wildman–Crippen LogP) is 2.85. The molecule has 0 aliphatic carbocycles. The van der Waals surface area contributed by atoms with Gasteiger partial charge >= 0.3 is 0 Å². The molecule has 1 N–H and O–H groups in total. The van der Waals surface area contributed by atoms with Gasteiger partial charge in [0.15, 0.2) is 11.6 Å². The number of aryl methyl sites for hydroxylation is 1. The van der Waals surface area contributed by atoms with Crippen LogP contribution in [0, 0.1) is 6.92 Å². The molecular formula is C14H13N3O4S. The highest BCUT2D eigenvalue weighted by molar-refractivity contribution is 7.13. The fourth-order valence-corrected chi connectivity index (χ4v) is 2.44. The summed E-state index contributed by atoms with van der Waals surface area (Å²) in [5.41, 5.74) is 0.633. The van der Waals surface area contributed by atoms with Crippen LogP contribution in [0.5, 0.6) is 0 Å². The Labute approximate surface area is 129 Å². The zero-order chi connectivity index (χ0) is 15.4. The normalized spacial score (nSPS) is 10.8. The number of nitrogens with one attached hydrogen (secondary N) is 1. The van der Waals surface area contributed by atoms with Gasteiger partial charge in [0, 0.05) is 12.1 Å². The number of ether oxygens (including phenoxy) is 1. The van der Waals surface area contributed by atoms with Crippen LogP contribution in [0.1, 0.15) is 11.5 Å². The molecule has 0 aliphatic rings. The molecular weight excluding hydrogens is 306 g/mol. The largest absolute Gasteiger partial charge is 0.365 e. The number of amides is 1. The lowest BCUT2D eigenvalue weighted by atomic mass is 10.3. The van der Waals surface area contributed by atoms with Crippen molar-refractivity contribution >= 4 is 23.1 Å². The maximum Gasteiger partial charge on any atom is 0.251 e. The molecule has 0 spiro atoms. The molecule has 3 rings (SSSR count). The fraction of sp³-hybridized carbons (Fsp3) is 0.214. The molecule has 0 bridgehead atoms. The zero-order valence-electron chi connectivity index (χ0n) is 11.7. The van der Waals surface area contributed by atoms with Crippen molar-refractivity contribution in [2.24, 2.45) is 0 Å². The lowest BCUT2D eigenvalue weighted by Crippen LogP contribution is -2.18. The molecule has 3 aromatic rings. The summed E-state index contributed by atoms with van der Waals surface area (Å²) < 4.78 is 15.4. The van der Waals surface area contributed by atoms with Crippen LogP contribution in [-0.2, 0) is 16.1 Å². The number of aromatic nitrogens is 2. The zero-order valence-corrected chi connectivity index (χ0v) is 12.6. The highest BCUT2D eigenvalue weighted by atomic mass is 32.1. The third kappa shape index (κ3) is 3.60. The average molecular weight is 319 g/mol. The van der Waals surface area contributed by atoms with E-state index >= 15 is 0 Å². The van der Waals surface area contributed by atoms with Crippen LogP contribution in [0.2, 0.25) is 0 Å². The summed E-state index contributed by atoms with van der Waals surface area (Å²) in [6.07, 6.45) is 0. The minimum Gasteiger partial charge on any atom is -0.365 e. The second-order valence-corrected chi connectivity index (χ2v) is 5.47. The number of nitrogens with zero attached hydrogens (tertiary/aromatic N) is 2. The van der Waals surface area contributed by atoms with E-state index in [1.54, 1.807) is 30.4 Å². The van der Waals surface area contributed by atoms with E-state index in [1.807, 2.05) is 17.5 Å². The van der Waals surface area contributed by atoms with E-state index in [0.717, 1.165) is 4.88 Å². The molecule has 0 fully saturated rings. The number of rotatable bonds is 6. The lowest BCUT2D eigenvalue weighted by Gasteiger charge is -2.01. The Balaban J connectivity index is 1.46.